The minimum atomic E-state index is -0.349. The summed E-state index contributed by atoms with van der Waals surface area (Å²) in [6, 6.07) is 11.8. The molecule has 2 amide bonds. The van der Waals surface area contributed by atoms with Crippen molar-refractivity contribution in [2.24, 2.45) is 0 Å². The third kappa shape index (κ3) is 3.45. The molecule has 1 aliphatic heterocycles. The highest BCUT2D eigenvalue weighted by Crippen LogP contribution is 2.23. The number of hydrogen-bond acceptors (Lipinski definition) is 4. The molecule has 1 fully saturated rings. The van der Waals surface area contributed by atoms with Crippen LogP contribution in [-0.2, 0) is 9.59 Å². The van der Waals surface area contributed by atoms with Crippen LogP contribution in [0.3, 0.4) is 0 Å². The number of amides is 2. The minimum absolute atomic E-state index is 0.127. The van der Waals surface area contributed by atoms with Gasteiger partial charge in [0.05, 0.1) is 0 Å². The lowest BCUT2D eigenvalue weighted by Gasteiger charge is -2.35. The average molecular weight is 397 g/mol. The van der Waals surface area contributed by atoms with Crippen LogP contribution in [0.4, 0.5) is 5.69 Å². The quantitative estimate of drug-likeness (QED) is 0.443. The van der Waals surface area contributed by atoms with Gasteiger partial charge in [0, 0.05) is 50.5 Å². The molecule has 0 unspecified atom stereocenters. The monoisotopic (exact) mass is 396 g/mol. The summed E-state index contributed by atoms with van der Waals surface area (Å²) in [4.78, 5) is 30.6. The van der Waals surface area contributed by atoms with Crippen molar-refractivity contribution >= 4 is 40.9 Å². The Morgan fingerprint density at radius 2 is 1.54 bits per heavy atom. The summed E-state index contributed by atoms with van der Waals surface area (Å²) in [5.74, 6) is -0.698. The number of hydrogen-bond donors (Lipinski definition) is 0. The van der Waals surface area contributed by atoms with Gasteiger partial charge in [-0.15, -0.1) is 0 Å². The molecule has 0 aliphatic carbocycles. The highest BCUT2D eigenvalue weighted by molar-refractivity contribution is 7.80. The Labute approximate surface area is 170 Å². The van der Waals surface area contributed by atoms with E-state index in [-0.39, 0.29) is 22.5 Å². The average Bonchev–Trinajstić information content (AvgIpc) is 3.14. The number of anilines is 1. The highest BCUT2D eigenvalue weighted by atomic mass is 32.1. The summed E-state index contributed by atoms with van der Waals surface area (Å²) in [6.07, 6.45) is 3.56. The summed E-state index contributed by atoms with van der Waals surface area (Å²) in [5.41, 5.74) is 2.93. The first-order chi connectivity index (χ1) is 13.4. The number of benzene rings is 1. The predicted molar refractivity (Wildman–Crippen MR) is 115 cm³/mol. The van der Waals surface area contributed by atoms with Crippen molar-refractivity contribution in [2.75, 3.05) is 32.1 Å². The van der Waals surface area contributed by atoms with E-state index < -0.39 is 0 Å². The molecule has 0 atom stereocenters. The summed E-state index contributed by atoms with van der Waals surface area (Å²) in [5, 5.41) is 0.270. The molecule has 0 radical (unpaired) electrons. The van der Waals surface area contributed by atoms with Crippen molar-refractivity contribution in [3.8, 4) is 5.69 Å². The van der Waals surface area contributed by atoms with E-state index in [1.165, 1.54) is 9.80 Å². The van der Waals surface area contributed by atoms with Crippen molar-refractivity contribution in [1.82, 2.24) is 14.4 Å². The molecule has 1 aliphatic rings. The Balaban J connectivity index is 2.02. The second-order valence-corrected chi connectivity index (χ2v) is 7.02. The molecule has 2 aromatic rings. The first kappa shape index (κ1) is 19.8. The fourth-order valence-electron chi connectivity index (χ4n) is 3.19. The van der Waals surface area contributed by atoms with Gasteiger partial charge < -0.3 is 9.47 Å². The van der Waals surface area contributed by atoms with Crippen LogP contribution >= 0.6 is 12.2 Å². The van der Waals surface area contributed by atoms with E-state index in [1.54, 1.807) is 6.08 Å². The Kier molecular flexibility index (Phi) is 5.65. The number of aromatic nitrogens is 1. The third-order valence-corrected chi connectivity index (χ3v) is 5.20. The summed E-state index contributed by atoms with van der Waals surface area (Å²) in [6.45, 7) is 4.54. The van der Waals surface area contributed by atoms with E-state index in [0.29, 0.717) is 13.1 Å². The van der Waals surface area contributed by atoms with E-state index in [1.807, 2.05) is 80.0 Å². The number of rotatable bonds is 5. The van der Waals surface area contributed by atoms with Crippen molar-refractivity contribution in [3.63, 3.8) is 0 Å². The molecular weight excluding hydrogens is 372 g/mol. The van der Waals surface area contributed by atoms with Gasteiger partial charge in [-0.25, -0.2) is 0 Å². The summed E-state index contributed by atoms with van der Waals surface area (Å²) >= 11 is 5.31. The molecule has 1 aromatic heterocycles. The van der Waals surface area contributed by atoms with Gasteiger partial charge in [0.2, 0.25) is 0 Å². The third-order valence-electron chi connectivity index (χ3n) is 4.76. The SMILES string of the molecule is CCN1C(=O)C(=Cc2cccn2-c2ccc(N(C)C)cc2)C(=O)N(CC)C1=S. The van der Waals surface area contributed by atoms with Crippen molar-refractivity contribution in [2.45, 2.75) is 13.8 Å². The van der Waals surface area contributed by atoms with Gasteiger partial charge in [-0.3, -0.25) is 19.4 Å². The first-order valence-electron chi connectivity index (χ1n) is 9.23. The number of carbonyl (C=O) groups is 2. The van der Waals surface area contributed by atoms with Crippen LogP contribution in [0.1, 0.15) is 19.5 Å². The number of nitrogens with zero attached hydrogens (tertiary/aromatic N) is 4. The standard InChI is InChI=1S/C21H24N4O2S/c1-5-23-19(26)18(20(27)24(6-2)21(23)28)14-17-8-7-13-25(17)16-11-9-15(10-12-16)22(3)4/h7-14H,5-6H2,1-4H3. The zero-order valence-corrected chi connectivity index (χ0v) is 17.4. The fraction of sp³-hybridized carbons (Fsp3) is 0.286. The zero-order chi connectivity index (χ0) is 20.4. The van der Waals surface area contributed by atoms with Gasteiger partial charge in [-0.2, -0.15) is 0 Å². The Morgan fingerprint density at radius 3 is 2.04 bits per heavy atom. The topological polar surface area (TPSA) is 48.8 Å². The maximum absolute atomic E-state index is 12.8. The predicted octanol–water partition coefficient (Wildman–Crippen LogP) is 2.92. The lowest BCUT2D eigenvalue weighted by molar-refractivity contribution is -0.133. The molecule has 2 heterocycles. The molecule has 6 nitrogen and oxygen atoms in total. The second-order valence-electron chi connectivity index (χ2n) is 6.65. The smallest absolute Gasteiger partial charge is 0.265 e. The van der Waals surface area contributed by atoms with Crippen LogP contribution in [0, 0.1) is 0 Å². The maximum atomic E-state index is 12.8. The molecule has 1 saturated heterocycles. The number of thiocarbonyl (C=S) groups is 1. The molecule has 0 saturated carbocycles. The molecule has 0 spiro atoms. The van der Waals surface area contributed by atoms with E-state index in [0.717, 1.165) is 17.1 Å². The lowest BCUT2D eigenvalue weighted by atomic mass is 10.1. The van der Waals surface area contributed by atoms with Gasteiger partial charge in [0.25, 0.3) is 11.8 Å². The fourth-order valence-corrected chi connectivity index (χ4v) is 3.61. The van der Waals surface area contributed by atoms with Gasteiger partial charge in [0.15, 0.2) is 5.11 Å². The second kappa shape index (κ2) is 7.98. The van der Waals surface area contributed by atoms with Crippen LogP contribution in [-0.4, -0.2) is 58.5 Å². The van der Waals surface area contributed by atoms with Crippen molar-refractivity contribution in [1.29, 1.82) is 0 Å². The largest absolute Gasteiger partial charge is 0.378 e. The maximum Gasteiger partial charge on any atom is 0.265 e. The normalized spacial score (nSPS) is 14.7. The number of carbonyl (C=O) groups excluding carboxylic acids is 2. The molecule has 146 valence electrons. The van der Waals surface area contributed by atoms with E-state index >= 15 is 0 Å². The Morgan fingerprint density at radius 1 is 0.964 bits per heavy atom. The zero-order valence-electron chi connectivity index (χ0n) is 16.5. The van der Waals surface area contributed by atoms with Gasteiger partial charge in [-0.1, -0.05) is 0 Å². The van der Waals surface area contributed by atoms with E-state index in [4.69, 9.17) is 12.2 Å². The van der Waals surface area contributed by atoms with Gasteiger partial charge >= 0.3 is 0 Å². The molecule has 1 aromatic carbocycles. The minimum Gasteiger partial charge on any atom is -0.378 e. The molecule has 0 N–H and O–H groups in total. The first-order valence-corrected chi connectivity index (χ1v) is 9.64. The van der Waals surface area contributed by atoms with Crippen molar-refractivity contribution in [3.05, 3.63) is 53.9 Å². The van der Waals surface area contributed by atoms with Gasteiger partial charge in [0.1, 0.15) is 5.57 Å². The van der Waals surface area contributed by atoms with E-state index in [2.05, 4.69) is 0 Å². The Bertz CT molecular complexity index is 916. The molecule has 3 rings (SSSR count). The summed E-state index contributed by atoms with van der Waals surface area (Å²) in [7, 11) is 3.98. The van der Waals surface area contributed by atoms with Crippen LogP contribution in [0.5, 0.6) is 0 Å². The molecule has 0 bridgehead atoms. The van der Waals surface area contributed by atoms with Crippen LogP contribution in [0.15, 0.2) is 48.2 Å². The molecular formula is C21H24N4O2S. The van der Waals surface area contributed by atoms with Crippen LogP contribution in [0.2, 0.25) is 0 Å². The lowest BCUT2D eigenvalue weighted by Crippen LogP contribution is -2.55. The highest BCUT2D eigenvalue weighted by Gasteiger charge is 2.37. The Hall–Kier alpha value is -2.93. The van der Waals surface area contributed by atoms with Crippen LogP contribution in [0.25, 0.3) is 11.8 Å². The number of likely N-dealkylation sites (N-methyl/N-ethyl adjacent to an activating group) is 2. The molecule has 28 heavy (non-hydrogen) atoms. The summed E-state index contributed by atoms with van der Waals surface area (Å²) < 4.78 is 1.95. The van der Waals surface area contributed by atoms with Crippen LogP contribution < -0.4 is 4.90 Å². The van der Waals surface area contributed by atoms with Crippen molar-refractivity contribution < 1.29 is 9.59 Å². The molecule has 7 heteroatoms. The van der Waals surface area contributed by atoms with E-state index in [9.17, 15) is 9.59 Å². The van der Waals surface area contributed by atoms with Gasteiger partial charge in [-0.05, 0) is 68.5 Å².